The lowest BCUT2D eigenvalue weighted by atomic mass is 10.2. The number of rotatable bonds is 5. The van der Waals surface area contributed by atoms with Crippen LogP contribution < -0.4 is 0 Å². The van der Waals surface area contributed by atoms with E-state index in [0.29, 0.717) is 27.9 Å². The van der Waals surface area contributed by atoms with Gasteiger partial charge in [-0.25, -0.2) is 4.99 Å². The number of aliphatic imine (C=N–C) groups is 1. The van der Waals surface area contributed by atoms with Crippen LogP contribution in [-0.2, 0) is 4.79 Å². The zero-order valence-corrected chi connectivity index (χ0v) is 14.9. The highest BCUT2D eigenvalue weighted by Gasteiger charge is 2.32. The minimum Gasteiger partial charge on any atom is -0.508 e. The number of nitro benzene ring substituents is 1. The van der Waals surface area contributed by atoms with Crippen LogP contribution in [-0.4, -0.2) is 32.5 Å². The Balaban J connectivity index is 1.92. The fourth-order valence-corrected chi connectivity index (χ4v) is 3.41. The van der Waals surface area contributed by atoms with Crippen molar-refractivity contribution >= 4 is 40.3 Å². The Morgan fingerprint density at radius 1 is 1.26 bits per heavy atom. The number of carbonyl (C=O) groups is 1. The Morgan fingerprint density at radius 2 is 2.00 bits per heavy atom. The number of carbonyl (C=O) groups excluding carboxylic acids is 1. The molecule has 1 fully saturated rings. The zero-order valence-electron chi connectivity index (χ0n) is 14.1. The first-order valence-electron chi connectivity index (χ1n) is 7.92. The number of phenols is 1. The number of amides is 1. The van der Waals surface area contributed by atoms with Crippen LogP contribution in [0.25, 0.3) is 6.08 Å². The number of hydrogen-bond donors (Lipinski definition) is 1. The second-order valence-corrected chi connectivity index (χ2v) is 6.59. The lowest BCUT2D eigenvalue weighted by Gasteiger charge is -2.12. The topological polar surface area (TPSA) is 96.0 Å². The van der Waals surface area contributed by atoms with Crippen molar-refractivity contribution in [3.8, 4) is 5.75 Å². The van der Waals surface area contributed by atoms with Crippen molar-refractivity contribution in [3.63, 3.8) is 0 Å². The minimum absolute atomic E-state index is 0.0121. The van der Waals surface area contributed by atoms with Crippen molar-refractivity contribution in [1.82, 2.24) is 4.90 Å². The summed E-state index contributed by atoms with van der Waals surface area (Å²) in [7, 11) is 0. The van der Waals surface area contributed by atoms with Gasteiger partial charge in [0.05, 0.1) is 15.5 Å². The van der Waals surface area contributed by atoms with Crippen LogP contribution in [0.2, 0.25) is 0 Å². The van der Waals surface area contributed by atoms with Gasteiger partial charge >= 0.3 is 0 Å². The smallest absolute Gasteiger partial charge is 0.269 e. The highest BCUT2D eigenvalue weighted by molar-refractivity contribution is 8.18. The third-order valence-electron chi connectivity index (χ3n) is 3.66. The van der Waals surface area contributed by atoms with E-state index in [1.165, 1.54) is 40.9 Å². The Bertz CT molecular complexity index is 967. The molecule has 7 nitrogen and oxygen atoms in total. The van der Waals surface area contributed by atoms with E-state index >= 15 is 0 Å². The van der Waals surface area contributed by atoms with Crippen molar-refractivity contribution in [2.75, 3.05) is 6.54 Å². The molecule has 0 unspecified atom stereocenters. The van der Waals surface area contributed by atoms with E-state index in [0.717, 1.165) is 0 Å². The average Bonchev–Trinajstić information content (AvgIpc) is 2.91. The normalized spacial score (nSPS) is 16.9. The van der Waals surface area contributed by atoms with Gasteiger partial charge in [0.25, 0.3) is 11.6 Å². The summed E-state index contributed by atoms with van der Waals surface area (Å²) in [5.74, 6) is -0.139. The summed E-state index contributed by atoms with van der Waals surface area (Å²) < 4.78 is 0. The monoisotopic (exact) mass is 381 g/mol. The van der Waals surface area contributed by atoms with Gasteiger partial charge < -0.3 is 5.11 Å². The molecule has 1 heterocycles. The molecule has 1 amide bonds. The standard InChI is InChI=1S/C19H15N3O4S/c1-2-10-21-18(24)17(11-13-6-8-15(9-7-13)22(25)26)27-19(21)20-14-4-3-5-16(23)12-14/h2-9,11-12,23H,1,10H2/b17-11-,20-19?. The molecule has 0 spiro atoms. The fraction of sp³-hybridized carbons (Fsp3) is 0.0526. The van der Waals surface area contributed by atoms with Crippen molar-refractivity contribution < 1.29 is 14.8 Å². The van der Waals surface area contributed by atoms with Crippen LogP contribution in [0.15, 0.2) is 71.1 Å². The number of non-ortho nitro benzene ring substituents is 1. The van der Waals surface area contributed by atoms with Crippen LogP contribution in [0.3, 0.4) is 0 Å². The van der Waals surface area contributed by atoms with E-state index in [1.54, 1.807) is 36.4 Å². The number of amidine groups is 1. The highest BCUT2D eigenvalue weighted by Crippen LogP contribution is 2.34. The van der Waals surface area contributed by atoms with Crippen molar-refractivity contribution in [2.24, 2.45) is 4.99 Å². The summed E-state index contributed by atoms with van der Waals surface area (Å²) in [5, 5.41) is 20.8. The molecule has 0 radical (unpaired) electrons. The molecule has 0 bridgehead atoms. The van der Waals surface area contributed by atoms with Gasteiger partial charge in [-0.1, -0.05) is 12.1 Å². The number of aromatic hydroxyl groups is 1. The van der Waals surface area contributed by atoms with E-state index in [2.05, 4.69) is 11.6 Å². The van der Waals surface area contributed by atoms with Gasteiger partial charge in [-0.15, -0.1) is 6.58 Å². The quantitative estimate of drug-likeness (QED) is 0.364. The lowest BCUT2D eigenvalue weighted by molar-refractivity contribution is -0.384. The molecule has 0 aliphatic carbocycles. The third kappa shape index (κ3) is 4.24. The van der Waals surface area contributed by atoms with Crippen LogP contribution in [0.5, 0.6) is 5.75 Å². The Morgan fingerprint density at radius 3 is 2.63 bits per heavy atom. The molecular weight excluding hydrogens is 366 g/mol. The molecule has 27 heavy (non-hydrogen) atoms. The van der Waals surface area contributed by atoms with Crippen molar-refractivity contribution in [2.45, 2.75) is 0 Å². The van der Waals surface area contributed by atoms with Gasteiger partial charge in [0, 0.05) is 24.7 Å². The molecule has 8 heteroatoms. The van der Waals surface area contributed by atoms with E-state index in [4.69, 9.17) is 0 Å². The summed E-state index contributed by atoms with van der Waals surface area (Å²) in [6.07, 6.45) is 3.27. The van der Waals surface area contributed by atoms with Gasteiger partial charge in [0.1, 0.15) is 5.75 Å². The number of thioether (sulfide) groups is 1. The largest absolute Gasteiger partial charge is 0.508 e. The van der Waals surface area contributed by atoms with Gasteiger partial charge in [-0.05, 0) is 47.7 Å². The van der Waals surface area contributed by atoms with E-state index in [9.17, 15) is 20.0 Å². The molecule has 1 saturated heterocycles. The molecule has 136 valence electrons. The second-order valence-electron chi connectivity index (χ2n) is 5.58. The first kappa shape index (κ1) is 18.4. The molecular formula is C19H15N3O4S. The fourth-order valence-electron chi connectivity index (χ4n) is 2.40. The summed E-state index contributed by atoms with van der Waals surface area (Å²) in [6.45, 7) is 3.96. The molecule has 0 aromatic heterocycles. The van der Waals surface area contributed by atoms with Gasteiger partial charge in [-0.2, -0.15) is 0 Å². The second kappa shape index (κ2) is 7.88. The van der Waals surface area contributed by atoms with Crippen LogP contribution in [0.4, 0.5) is 11.4 Å². The summed E-state index contributed by atoms with van der Waals surface area (Å²) in [5.41, 5.74) is 1.19. The summed E-state index contributed by atoms with van der Waals surface area (Å²) in [4.78, 5) is 29.3. The molecule has 0 atom stereocenters. The first-order chi connectivity index (χ1) is 13.0. The maximum absolute atomic E-state index is 12.7. The highest BCUT2D eigenvalue weighted by atomic mass is 32.2. The predicted octanol–water partition coefficient (Wildman–Crippen LogP) is 4.09. The Labute approximate surface area is 159 Å². The van der Waals surface area contributed by atoms with Crippen LogP contribution in [0, 0.1) is 10.1 Å². The predicted molar refractivity (Wildman–Crippen MR) is 106 cm³/mol. The van der Waals surface area contributed by atoms with Crippen LogP contribution in [0.1, 0.15) is 5.56 Å². The lowest BCUT2D eigenvalue weighted by Crippen LogP contribution is -2.29. The number of phenolic OH excluding ortho intramolecular Hbond substituents is 1. The molecule has 1 aliphatic rings. The van der Waals surface area contributed by atoms with Crippen molar-refractivity contribution in [1.29, 1.82) is 0 Å². The van der Waals surface area contributed by atoms with Gasteiger partial charge in [0.15, 0.2) is 5.17 Å². The molecule has 2 aromatic rings. The maximum Gasteiger partial charge on any atom is 0.269 e. The average molecular weight is 381 g/mol. The minimum atomic E-state index is -0.474. The molecule has 3 rings (SSSR count). The molecule has 0 saturated carbocycles. The summed E-state index contributed by atoms with van der Waals surface area (Å²) >= 11 is 1.20. The molecule has 1 N–H and O–H groups in total. The van der Waals surface area contributed by atoms with E-state index < -0.39 is 4.92 Å². The number of benzene rings is 2. The van der Waals surface area contributed by atoms with Crippen molar-refractivity contribution in [3.05, 3.63) is 81.8 Å². The third-order valence-corrected chi connectivity index (χ3v) is 4.66. The Kier molecular flexibility index (Phi) is 5.37. The number of hydrogen-bond acceptors (Lipinski definition) is 6. The molecule has 2 aromatic carbocycles. The number of nitrogens with zero attached hydrogens (tertiary/aromatic N) is 3. The SMILES string of the molecule is C=CCN1C(=O)/C(=C/c2ccc([N+](=O)[O-])cc2)SC1=Nc1cccc(O)c1. The molecule has 1 aliphatic heterocycles. The first-order valence-corrected chi connectivity index (χ1v) is 8.74. The maximum atomic E-state index is 12.7. The van der Waals surface area contributed by atoms with Gasteiger partial charge in [0.2, 0.25) is 0 Å². The van der Waals surface area contributed by atoms with E-state index in [1.807, 2.05) is 0 Å². The van der Waals surface area contributed by atoms with Crippen LogP contribution >= 0.6 is 11.8 Å². The summed E-state index contributed by atoms with van der Waals surface area (Å²) in [6, 6.07) is 12.4. The number of nitro groups is 1. The van der Waals surface area contributed by atoms with Gasteiger partial charge in [-0.3, -0.25) is 19.8 Å². The zero-order chi connectivity index (χ0) is 19.4. The Hall–Kier alpha value is -3.39. The van der Waals surface area contributed by atoms with E-state index in [-0.39, 0.29) is 17.3 Å².